The summed E-state index contributed by atoms with van der Waals surface area (Å²) in [5, 5.41) is 2.00. The number of hydrogen-bond donors (Lipinski definition) is 2. The predicted molar refractivity (Wildman–Crippen MR) is 156 cm³/mol. The van der Waals surface area contributed by atoms with Crippen molar-refractivity contribution in [3.63, 3.8) is 0 Å². The van der Waals surface area contributed by atoms with Gasteiger partial charge >= 0.3 is 6.18 Å². The first-order chi connectivity index (χ1) is 20.0. The Morgan fingerprint density at radius 2 is 1.42 bits per heavy atom. The quantitative estimate of drug-likeness (QED) is 0.200. The molecule has 0 aliphatic heterocycles. The SMILES string of the molecule is CS(=O)(=O)N(Cc1ccc(F)cc1)c1ccc(C(=O)Nc2ccc(S(=O)(=O)Nc3ccc(Cl)c(C(F)(F)F)c3)cc2)cc1. The molecule has 0 aliphatic rings. The Balaban J connectivity index is 1.45. The van der Waals surface area contributed by atoms with Crippen molar-refractivity contribution < 1.29 is 39.2 Å². The fraction of sp³-hybridized carbons (Fsp3) is 0.107. The van der Waals surface area contributed by atoms with E-state index in [4.69, 9.17) is 11.6 Å². The van der Waals surface area contributed by atoms with Crippen molar-refractivity contribution in [2.75, 3.05) is 20.6 Å². The maximum absolute atomic E-state index is 13.2. The van der Waals surface area contributed by atoms with Gasteiger partial charge in [-0.1, -0.05) is 23.7 Å². The molecule has 0 fully saturated rings. The molecule has 226 valence electrons. The van der Waals surface area contributed by atoms with Gasteiger partial charge in [-0.15, -0.1) is 0 Å². The van der Waals surface area contributed by atoms with E-state index in [2.05, 4.69) is 10.0 Å². The summed E-state index contributed by atoms with van der Waals surface area (Å²) < 4.78 is 106. The van der Waals surface area contributed by atoms with Crippen LogP contribution in [0.4, 0.5) is 34.6 Å². The highest BCUT2D eigenvalue weighted by Gasteiger charge is 2.33. The van der Waals surface area contributed by atoms with Crippen LogP contribution in [0.5, 0.6) is 0 Å². The molecule has 0 saturated carbocycles. The van der Waals surface area contributed by atoms with Crippen LogP contribution in [0.15, 0.2) is 95.9 Å². The van der Waals surface area contributed by atoms with E-state index in [0.29, 0.717) is 11.6 Å². The molecule has 0 unspecified atom stereocenters. The van der Waals surface area contributed by atoms with Gasteiger partial charge in [0, 0.05) is 16.9 Å². The second-order valence-corrected chi connectivity index (χ2v) is 13.2. The number of anilines is 3. The van der Waals surface area contributed by atoms with Crippen molar-refractivity contribution in [1.82, 2.24) is 0 Å². The zero-order valence-corrected chi connectivity index (χ0v) is 24.5. The first kappa shape index (κ1) is 31.8. The summed E-state index contributed by atoms with van der Waals surface area (Å²) in [6, 6.07) is 18.5. The third-order valence-electron chi connectivity index (χ3n) is 6.00. The highest BCUT2D eigenvalue weighted by Crippen LogP contribution is 2.36. The molecule has 15 heteroatoms. The lowest BCUT2D eigenvalue weighted by Crippen LogP contribution is -2.29. The number of sulfonamides is 2. The van der Waals surface area contributed by atoms with E-state index >= 15 is 0 Å². The van der Waals surface area contributed by atoms with Crippen LogP contribution >= 0.6 is 11.6 Å². The molecule has 8 nitrogen and oxygen atoms in total. The lowest BCUT2D eigenvalue weighted by Gasteiger charge is -2.22. The summed E-state index contributed by atoms with van der Waals surface area (Å²) >= 11 is 5.58. The largest absolute Gasteiger partial charge is 0.417 e. The van der Waals surface area contributed by atoms with E-state index in [-0.39, 0.29) is 34.1 Å². The number of hydrogen-bond acceptors (Lipinski definition) is 5. The van der Waals surface area contributed by atoms with Gasteiger partial charge in [-0.3, -0.25) is 13.8 Å². The fourth-order valence-electron chi connectivity index (χ4n) is 3.88. The molecule has 1 amide bonds. The van der Waals surface area contributed by atoms with Crippen LogP contribution in [0.25, 0.3) is 0 Å². The Morgan fingerprint density at radius 1 is 0.837 bits per heavy atom. The molecule has 0 aliphatic carbocycles. The molecule has 0 saturated heterocycles. The van der Waals surface area contributed by atoms with Gasteiger partial charge < -0.3 is 5.32 Å². The lowest BCUT2D eigenvalue weighted by molar-refractivity contribution is -0.137. The van der Waals surface area contributed by atoms with Crippen LogP contribution in [0.1, 0.15) is 21.5 Å². The van der Waals surface area contributed by atoms with Gasteiger partial charge in [0.25, 0.3) is 15.9 Å². The summed E-state index contributed by atoms with van der Waals surface area (Å²) in [6.45, 7) is -0.0592. The normalized spacial score (nSPS) is 12.0. The van der Waals surface area contributed by atoms with Crippen LogP contribution in [-0.2, 0) is 32.8 Å². The van der Waals surface area contributed by atoms with Crippen molar-refractivity contribution >= 4 is 54.6 Å². The number of rotatable bonds is 9. The number of alkyl halides is 3. The number of carbonyl (C=O) groups excluding carboxylic acids is 1. The average Bonchev–Trinajstić information content (AvgIpc) is 2.93. The van der Waals surface area contributed by atoms with Gasteiger partial charge in [-0.2, -0.15) is 13.2 Å². The standard InChI is InChI=1S/C28H22ClF4N3O5S2/c1-42(38,39)36(17-18-2-6-20(30)7-3-18)23-11-4-19(5-12-23)27(37)34-21-8-13-24(14-9-21)43(40,41)35-22-10-15-26(29)25(16-22)28(31,32)33/h2-16,35H,17H2,1H3,(H,34,37). The second-order valence-electron chi connectivity index (χ2n) is 9.22. The highest BCUT2D eigenvalue weighted by atomic mass is 35.5. The summed E-state index contributed by atoms with van der Waals surface area (Å²) in [5.41, 5.74) is -0.336. The van der Waals surface area contributed by atoms with Gasteiger partial charge in [-0.25, -0.2) is 21.2 Å². The Labute approximate surface area is 250 Å². The number of halogens is 5. The van der Waals surface area contributed by atoms with Crippen LogP contribution < -0.4 is 14.3 Å². The Hall–Kier alpha value is -4.14. The minimum absolute atomic E-state index is 0.0592. The van der Waals surface area contributed by atoms with E-state index in [1.165, 1.54) is 60.7 Å². The van der Waals surface area contributed by atoms with Gasteiger partial charge in [0.1, 0.15) is 5.82 Å². The predicted octanol–water partition coefficient (Wildman–Crippen LogP) is 6.52. The molecule has 4 aromatic carbocycles. The molecular weight excluding hydrogens is 634 g/mol. The molecule has 4 rings (SSSR count). The van der Waals surface area contributed by atoms with E-state index < -0.39 is 48.5 Å². The maximum atomic E-state index is 13.2. The molecule has 0 spiro atoms. The maximum Gasteiger partial charge on any atom is 0.417 e. The fourth-order valence-corrected chi connectivity index (χ4v) is 6.04. The zero-order valence-electron chi connectivity index (χ0n) is 22.1. The van der Waals surface area contributed by atoms with Gasteiger partial charge in [0.15, 0.2) is 0 Å². The van der Waals surface area contributed by atoms with Crippen molar-refractivity contribution in [2.24, 2.45) is 0 Å². The number of amides is 1. The molecule has 0 atom stereocenters. The molecule has 2 N–H and O–H groups in total. The van der Waals surface area contributed by atoms with Crippen molar-refractivity contribution in [3.05, 3.63) is 119 Å². The molecular formula is C28H22ClF4N3O5S2. The number of nitrogens with zero attached hydrogens (tertiary/aromatic N) is 1. The summed E-state index contributed by atoms with van der Waals surface area (Å²) in [4.78, 5) is 12.5. The van der Waals surface area contributed by atoms with Crippen molar-refractivity contribution in [1.29, 1.82) is 0 Å². The van der Waals surface area contributed by atoms with Crippen LogP contribution in [-0.4, -0.2) is 29.0 Å². The summed E-state index contributed by atoms with van der Waals surface area (Å²) in [5.74, 6) is -1.04. The van der Waals surface area contributed by atoms with Gasteiger partial charge in [-0.05, 0) is 84.4 Å². The first-order valence-corrected chi connectivity index (χ1v) is 15.9. The Kier molecular flexibility index (Phi) is 9.04. The Bertz CT molecular complexity index is 1850. The smallest absolute Gasteiger partial charge is 0.322 e. The van der Waals surface area contributed by atoms with Gasteiger partial charge in [0.05, 0.1) is 34.0 Å². The summed E-state index contributed by atoms with van der Waals surface area (Å²) in [7, 11) is -8.01. The first-order valence-electron chi connectivity index (χ1n) is 12.2. The zero-order chi connectivity index (χ0) is 31.6. The van der Waals surface area contributed by atoms with E-state index in [0.717, 1.165) is 34.8 Å². The molecule has 0 heterocycles. The van der Waals surface area contributed by atoms with E-state index in [1.807, 2.05) is 0 Å². The van der Waals surface area contributed by atoms with Crippen molar-refractivity contribution in [3.8, 4) is 0 Å². The molecule has 0 bridgehead atoms. The molecule has 4 aromatic rings. The second kappa shape index (κ2) is 12.2. The number of benzene rings is 4. The third-order valence-corrected chi connectivity index (χ3v) is 8.87. The van der Waals surface area contributed by atoms with Crippen LogP contribution in [0.2, 0.25) is 5.02 Å². The minimum Gasteiger partial charge on any atom is -0.322 e. The average molecular weight is 656 g/mol. The Morgan fingerprint density at radius 3 is 1.98 bits per heavy atom. The third kappa shape index (κ3) is 8.03. The molecule has 0 aromatic heterocycles. The van der Waals surface area contributed by atoms with Crippen LogP contribution in [0.3, 0.4) is 0 Å². The monoisotopic (exact) mass is 655 g/mol. The van der Waals surface area contributed by atoms with Gasteiger partial charge in [0.2, 0.25) is 10.0 Å². The number of carbonyl (C=O) groups is 1. The number of nitrogens with one attached hydrogen (secondary N) is 2. The lowest BCUT2D eigenvalue weighted by atomic mass is 10.1. The van der Waals surface area contributed by atoms with E-state index in [9.17, 15) is 39.2 Å². The summed E-state index contributed by atoms with van der Waals surface area (Å²) in [6.07, 6.45) is -3.76. The topological polar surface area (TPSA) is 113 Å². The molecule has 43 heavy (non-hydrogen) atoms. The highest BCUT2D eigenvalue weighted by molar-refractivity contribution is 7.92. The van der Waals surface area contributed by atoms with E-state index in [1.54, 1.807) is 0 Å². The van der Waals surface area contributed by atoms with Crippen molar-refractivity contribution in [2.45, 2.75) is 17.6 Å². The minimum atomic E-state index is -4.78. The van der Waals surface area contributed by atoms with Crippen LogP contribution in [0, 0.1) is 5.82 Å². The molecule has 0 radical (unpaired) electrons.